The van der Waals surface area contributed by atoms with Gasteiger partial charge in [0.05, 0.1) is 6.54 Å². The van der Waals surface area contributed by atoms with Crippen LogP contribution in [-0.2, 0) is 4.79 Å². The van der Waals surface area contributed by atoms with E-state index in [4.69, 9.17) is 4.74 Å². The first-order chi connectivity index (χ1) is 11.7. The van der Waals surface area contributed by atoms with Gasteiger partial charge in [-0.15, -0.1) is 24.0 Å². The van der Waals surface area contributed by atoms with Gasteiger partial charge in [0, 0.05) is 31.8 Å². The second-order valence-corrected chi connectivity index (χ2v) is 5.45. The molecule has 0 spiro atoms. The first kappa shape index (κ1) is 23.5. The quantitative estimate of drug-likeness (QED) is 0.216. The largest absolute Gasteiger partial charge is 0.492 e. The van der Waals surface area contributed by atoms with Crippen molar-refractivity contribution in [1.29, 1.82) is 0 Å². The predicted octanol–water partition coefficient (Wildman–Crippen LogP) is 3.39. The number of nitrogens with one attached hydrogen (secondary N) is 3. The number of halogens is 1. The monoisotopic (exact) mass is 462 g/mol. The third kappa shape index (κ3) is 11.6. The van der Waals surface area contributed by atoms with Crippen LogP contribution in [0.2, 0.25) is 0 Å². The van der Waals surface area contributed by atoms with Crippen LogP contribution in [0.25, 0.3) is 0 Å². The summed E-state index contributed by atoms with van der Waals surface area (Å²) in [5, 5.41) is 9.22. The summed E-state index contributed by atoms with van der Waals surface area (Å²) < 4.78 is 5.70. The second-order valence-electron chi connectivity index (χ2n) is 5.45. The Hall–Kier alpha value is -1.51. The predicted molar refractivity (Wildman–Crippen MR) is 115 cm³/mol. The summed E-state index contributed by atoms with van der Waals surface area (Å²) in [5.41, 5.74) is 0.735. The molecular formula is C18H31IN4O2. The first-order valence-corrected chi connectivity index (χ1v) is 8.68. The summed E-state index contributed by atoms with van der Waals surface area (Å²) in [5.74, 6) is 1.46. The number of hydrogen-bond acceptors (Lipinski definition) is 3. The van der Waals surface area contributed by atoms with E-state index in [1.165, 1.54) is 19.8 Å². The van der Waals surface area contributed by atoms with Crippen LogP contribution in [0.1, 0.15) is 40.0 Å². The van der Waals surface area contributed by atoms with Gasteiger partial charge in [-0.05, 0) is 25.5 Å². The lowest BCUT2D eigenvalue weighted by atomic mass is 10.2. The molecule has 0 atom stereocenters. The smallest absolute Gasteiger partial charge is 0.221 e. The van der Waals surface area contributed by atoms with E-state index >= 15 is 0 Å². The van der Waals surface area contributed by atoms with Crippen LogP contribution in [0.5, 0.6) is 5.75 Å². The number of guanidine groups is 1. The minimum atomic E-state index is -0.0941. The minimum absolute atomic E-state index is 0. The van der Waals surface area contributed by atoms with E-state index < -0.39 is 0 Å². The molecule has 7 heteroatoms. The van der Waals surface area contributed by atoms with Gasteiger partial charge in [0.15, 0.2) is 5.96 Å². The molecule has 0 unspecified atom stereocenters. The summed E-state index contributed by atoms with van der Waals surface area (Å²) in [6, 6.07) is 7.37. The Balaban J connectivity index is 0.00000576. The lowest BCUT2D eigenvalue weighted by molar-refractivity contribution is -0.114. The van der Waals surface area contributed by atoms with Crippen molar-refractivity contribution in [1.82, 2.24) is 10.6 Å². The summed E-state index contributed by atoms with van der Waals surface area (Å²) >= 11 is 0. The van der Waals surface area contributed by atoms with Crippen LogP contribution in [-0.4, -0.2) is 38.1 Å². The highest BCUT2D eigenvalue weighted by Crippen LogP contribution is 2.16. The van der Waals surface area contributed by atoms with Crippen molar-refractivity contribution in [2.24, 2.45) is 4.99 Å². The number of amides is 1. The molecule has 0 radical (unpaired) electrons. The zero-order valence-electron chi connectivity index (χ0n) is 15.4. The Morgan fingerprint density at radius 2 is 2.00 bits per heavy atom. The van der Waals surface area contributed by atoms with Crippen molar-refractivity contribution in [3.63, 3.8) is 0 Å². The number of carbonyl (C=O) groups excluding carboxylic acids is 1. The molecule has 0 aliphatic rings. The number of hydrogen-bond donors (Lipinski definition) is 3. The fraction of sp³-hybridized carbons (Fsp3) is 0.556. The third-order valence-electron chi connectivity index (χ3n) is 3.19. The molecule has 0 aliphatic heterocycles. The molecule has 1 aromatic rings. The number of unbranched alkanes of at least 4 members (excludes halogenated alkanes) is 2. The SMILES string of the molecule is CCCCCN=C(NCC)NCCOc1cccc(NC(C)=O)c1.I. The van der Waals surface area contributed by atoms with Gasteiger partial charge in [-0.3, -0.25) is 9.79 Å². The number of ether oxygens (including phenoxy) is 1. The first-order valence-electron chi connectivity index (χ1n) is 8.68. The molecule has 0 bridgehead atoms. The van der Waals surface area contributed by atoms with E-state index in [0.29, 0.717) is 13.2 Å². The Kier molecular flexibility index (Phi) is 13.9. The highest BCUT2D eigenvalue weighted by molar-refractivity contribution is 14.0. The topological polar surface area (TPSA) is 74.8 Å². The Bertz CT molecular complexity index is 524. The van der Waals surface area contributed by atoms with Gasteiger partial charge in [0.1, 0.15) is 12.4 Å². The van der Waals surface area contributed by atoms with Crippen molar-refractivity contribution >= 4 is 41.5 Å². The van der Waals surface area contributed by atoms with E-state index in [1.807, 2.05) is 31.2 Å². The molecule has 25 heavy (non-hydrogen) atoms. The van der Waals surface area contributed by atoms with E-state index in [-0.39, 0.29) is 29.9 Å². The highest BCUT2D eigenvalue weighted by atomic mass is 127. The Morgan fingerprint density at radius 3 is 2.68 bits per heavy atom. The zero-order valence-corrected chi connectivity index (χ0v) is 17.8. The number of benzene rings is 1. The van der Waals surface area contributed by atoms with Crippen molar-refractivity contribution < 1.29 is 9.53 Å². The zero-order chi connectivity index (χ0) is 17.6. The molecule has 0 aliphatic carbocycles. The third-order valence-corrected chi connectivity index (χ3v) is 3.19. The molecule has 0 saturated carbocycles. The molecule has 0 fully saturated rings. The van der Waals surface area contributed by atoms with Crippen LogP contribution in [0, 0.1) is 0 Å². The van der Waals surface area contributed by atoms with Gasteiger partial charge in [-0.25, -0.2) is 0 Å². The van der Waals surface area contributed by atoms with Crippen LogP contribution in [0.15, 0.2) is 29.3 Å². The van der Waals surface area contributed by atoms with Gasteiger partial charge in [0.25, 0.3) is 0 Å². The fourth-order valence-corrected chi connectivity index (χ4v) is 2.10. The Morgan fingerprint density at radius 1 is 1.20 bits per heavy atom. The maximum absolute atomic E-state index is 11.1. The van der Waals surface area contributed by atoms with E-state index in [0.717, 1.165) is 36.9 Å². The molecule has 1 aromatic carbocycles. The minimum Gasteiger partial charge on any atom is -0.492 e. The number of anilines is 1. The van der Waals surface area contributed by atoms with E-state index in [1.54, 1.807) is 0 Å². The molecule has 0 heterocycles. The van der Waals surface area contributed by atoms with Crippen molar-refractivity contribution in [3.8, 4) is 5.75 Å². The van der Waals surface area contributed by atoms with Gasteiger partial charge < -0.3 is 20.7 Å². The summed E-state index contributed by atoms with van der Waals surface area (Å²) in [4.78, 5) is 15.6. The normalized spacial score (nSPS) is 10.6. The second kappa shape index (κ2) is 14.8. The number of rotatable bonds is 10. The van der Waals surface area contributed by atoms with Crippen LogP contribution in [0.3, 0.4) is 0 Å². The number of aliphatic imine (C=N–C) groups is 1. The van der Waals surface area contributed by atoms with Crippen LogP contribution >= 0.6 is 24.0 Å². The number of nitrogens with zero attached hydrogens (tertiary/aromatic N) is 1. The van der Waals surface area contributed by atoms with E-state index in [9.17, 15) is 4.79 Å². The molecule has 6 nitrogen and oxygen atoms in total. The van der Waals surface area contributed by atoms with E-state index in [2.05, 4.69) is 27.9 Å². The average molecular weight is 462 g/mol. The molecule has 1 amide bonds. The number of carbonyl (C=O) groups is 1. The van der Waals surface area contributed by atoms with Crippen LogP contribution < -0.4 is 20.7 Å². The fourth-order valence-electron chi connectivity index (χ4n) is 2.10. The molecule has 1 rings (SSSR count). The Labute approximate surface area is 168 Å². The summed E-state index contributed by atoms with van der Waals surface area (Å²) in [6.45, 7) is 8.56. The molecule has 3 N–H and O–H groups in total. The van der Waals surface area contributed by atoms with Crippen LogP contribution in [0.4, 0.5) is 5.69 Å². The maximum atomic E-state index is 11.1. The average Bonchev–Trinajstić information content (AvgIpc) is 2.55. The molecule has 0 saturated heterocycles. The maximum Gasteiger partial charge on any atom is 0.221 e. The van der Waals surface area contributed by atoms with Gasteiger partial charge >= 0.3 is 0 Å². The molecule has 0 aromatic heterocycles. The summed E-state index contributed by atoms with van der Waals surface area (Å²) in [6.07, 6.45) is 3.51. The standard InChI is InChI=1S/C18H30N4O2.HI/c1-4-6-7-11-20-18(19-5-2)21-12-13-24-17-10-8-9-16(14-17)22-15(3)23;/h8-10,14H,4-7,11-13H2,1-3H3,(H,22,23)(H2,19,20,21);1H. The van der Waals surface area contributed by atoms with Crippen molar-refractivity contribution in [2.45, 2.75) is 40.0 Å². The molecular weight excluding hydrogens is 431 g/mol. The molecule has 142 valence electrons. The van der Waals surface area contributed by atoms with Crippen molar-refractivity contribution in [3.05, 3.63) is 24.3 Å². The highest BCUT2D eigenvalue weighted by Gasteiger charge is 2.00. The van der Waals surface area contributed by atoms with Gasteiger partial charge in [0.2, 0.25) is 5.91 Å². The lowest BCUT2D eigenvalue weighted by Crippen LogP contribution is -2.39. The summed E-state index contributed by atoms with van der Waals surface area (Å²) in [7, 11) is 0. The van der Waals surface area contributed by atoms with Crippen molar-refractivity contribution in [2.75, 3.05) is 31.6 Å². The van der Waals surface area contributed by atoms with Gasteiger partial charge in [-0.1, -0.05) is 25.8 Å². The lowest BCUT2D eigenvalue weighted by Gasteiger charge is -2.12. The van der Waals surface area contributed by atoms with Gasteiger partial charge in [-0.2, -0.15) is 0 Å².